The number of phenolic OH excluding ortho intramolecular Hbond substituents is 2. The number of methoxy groups -OCH3 is 1. The third-order valence-corrected chi connectivity index (χ3v) is 6.86. The van der Waals surface area contributed by atoms with Crippen LogP contribution in [0.2, 0.25) is 0 Å². The van der Waals surface area contributed by atoms with Crippen LogP contribution in [0.1, 0.15) is 34.3 Å². The Bertz CT molecular complexity index is 1040. The first-order valence-electron chi connectivity index (χ1n) is 9.60. The highest BCUT2D eigenvalue weighted by Crippen LogP contribution is 2.28. The lowest BCUT2D eigenvalue weighted by atomic mass is 10.0. The number of rotatable bonds is 5. The van der Waals surface area contributed by atoms with Crippen molar-refractivity contribution >= 4 is 15.9 Å². The molecule has 3 N–H and O–H groups in total. The number of carbonyl (C=O) groups is 1. The lowest BCUT2D eigenvalue weighted by Gasteiger charge is -2.32. The summed E-state index contributed by atoms with van der Waals surface area (Å²) >= 11 is 0. The maximum Gasteiger partial charge on any atom is 0.254 e. The maximum atomic E-state index is 12.9. The van der Waals surface area contributed by atoms with E-state index in [1.807, 2.05) is 13.8 Å². The normalized spacial score (nSPS) is 15.2. The van der Waals surface area contributed by atoms with E-state index in [4.69, 9.17) is 4.74 Å². The number of hydrogen-bond acceptors (Lipinski definition) is 6. The van der Waals surface area contributed by atoms with E-state index in [2.05, 4.69) is 4.72 Å². The summed E-state index contributed by atoms with van der Waals surface area (Å²) in [5.41, 5.74) is 1.98. The standard InChI is InChI=1S/C21H26N2O6S/c1-13-8-19(29-3)20(9-14(13)2)30(27,28)22-16-4-6-23(7-5-16)21(26)15-10-17(24)12-18(25)11-15/h8-12,16,22,24-25H,4-7H2,1-3H3. The molecular weight excluding hydrogens is 408 g/mol. The molecule has 2 aromatic rings. The number of hydrogen-bond donors (Lipinski definition) is 3. The summed E-state index contributed by atoms with van der Waals surface area (Å²) in [5.74, 6) is -0.410. The van der Waals surface area contributed by atoms with Crippen molar-refractivity contribution in [3.63, 3.8) is 0 Å². The number of aryl methyl sites for hydroxylation is 2. The zero-order valence-electron chi connectivity index (χ0n) is 17.2. The van der Waals surface area contributed by atoms with Gasteiger partial charge in [-0.3, -0.25) is 4.79 Å². The van der Waals surface area contributed by atoms with Crippen molar-refractivity contribution in [1.29, 1.82) is 0 Å². The van der Waals surface area contributed by atoms with Crippen LogP contribution in [0.5, 0.6) is 17.2 Å². The molecule has 2 aromatic carbocycles. The molecule has 0 atom stereocenters. The van der Waals surface area contributed by atoms with Crippen LogP contribution in [0.15, 0.2) is 35.2 Å². The summed E-state index contributed by atoms with van der Waals surface area (Å²) in [6.45, 7) is 4.44. The van der Waals surface area contributed by atoms with Crippen LogP contribution in [0.3, 0.4) is 0 Å². The molecule has 162 valence electrons. The minimum atomic E-state index is -3.79. The molecule has 9 heteroatoms. The van der Waals surface area contributed by atoms with Crippen LogP contribution in [0, 0.1) is 13.8 Å². The Kier molecular flexibility index (Phi) is 6.23. The molecule has 0 unspecified atom stereocenters. The van der Waals surface area contributed by atoms with Gasteiger partial charge in [-0.2, -0.15) is 0 Å². The van der Waals surface area contributed by atoms with Crippen LogP contribution in [-0.2, 0) is 10.0 Å². The Labute approximate surface area is 176 Å². The van der Waals surface area contributed by atoms with Gasteiger partial charge < -0.3 is 19.8 Å². The number of carbonyl (C=O) groups excluding carboxylic acids is 1. The molecule has 8 nitrogen and oxygen atoms in total. The topological polar surface area (TPSA) is 116 Å². The van der Waals surface area contributed by atoms with E-state index < -0.39 is 10.0 Å². The van der Waals surface area contributed by atoms with Gasteiger partial charge in [0.2, 0.25) is 10.0 Å². The van der Waals surface area contributed by atoms with Gasteiger partial charge >= 0.3 is 0 Å². The monoisotopic (exact) mass is 434 g/mol. The van der Waals surface area contributed by atoms with E-state index in [1.54, 1.807) is 17.0 Å². The Hall–Kier alpha value is -2.78. The number of ether oxygens (including phenoxy) is 1. The first-order chi connectivity index (χ1) is 14.1. The number of nitrogens with zero attached hydrogens (tertiary/aromatic N) is 1. The molecule has 3 rings (SSSR count). The van der Waals surface area contributed by atoms with Gasteiger partial charge in [-0.05, 0) is 62.1 Å². The molecule has 1 aliphatic heterocycles. The SMILES string of the molecule is COc1cc(C)c(C)cc1S(=O)(=O)NC1CCN(C(=O)c2cc(O)cc(O)c2)CC1. The molecule has 0 saturated carbocycles. The quantitative estimate of drug-likeness (QED) is 0.665. The molecule has 0 bridgehead atoms. The number of phenols is 2. The largest absolute Gasteiger partial charge is 0.508 e. The second kappa shape index (κ2) is 8.53. The van der Waals surface area contributed by atoms with Crippen molar-refractivity contribution in [2.75, 3.05) is 20.2 Å². The average Bonchev–Trinajstić information content (AvgIpc) is 2.68. The number of likely N-dealkylation sites (tertiary alicyclic amines) is 1. The number of piperidine rings is 1. The minimum Gasteiger partial charge on any atom is -0.508 e. The van der Waals surface area contributed by atoms with E-state index in [0.717, 1.165) is 17.2 Å². The molecule has 0 radical (unpaired) electrons. The highest BCUT2D eigenvalue weighted by atomic mass is 32.2. The van der Waals surface area contributed by atoms with Gasteiger partial charge in [0, 0.05) is 30.8 Å². The predicted molar refractivity (Wildman–Crippen MR) is 111 cm³/mol. The summed E-state index contributed by atoms with van der Waals surface area (Å²) in [6.07, 6.45) is 0.895. The fourth-order valence-corrected chi connectivity index (χ4v) is 5.06. The van der Waals surface area contributed by atoms with Crippen LogP contribution in [0.4, 0.5) is 0 Å². The third kappa shape index (κ3) is 4.68. The van der Waals surface area contributed by atoms with Gasteiger partial charge in [-0.15, -0.1) is 0 Å². The van der Waals surface area contributed by atoms with Crippen molar-refractivity contribution in [1.82, 2.24) is 9.62 Å². The Morgan fingerprint density at radius 2 is 1.60 bits per heavy atom. The van der Waals surface area contributed by atoms with Crippen LogP contribution < -0.4 is 9.46 Å². The van der Waals surface area contributed by atoms with E-state index >= 15 is 0 Å². The van der Waals surface area contributed by atoms with Crippen LogP contribution in [0.25, 0.3) is 0 Å². The number of nitrogens with one attached hydrogen (secondary N) is 1. The van der Waals surface area contributed by atoms with E-state index in [0.29, 0.717) is 31.7 Å². The summed E-state index contributed by atoms with van der Waals surface area (Å²) in [5, 5.41) is 19.2. The molecule has 1 amide bonds. The average molecular weight is 435 g/mol. The molecule has 0 aliphatic carbocycles. The van der Waals surface area contributed by atoms with Crippen LogP contribution >= 0.6 is 0 Å². The zero-order chi connectivity index (χ0) is 22.1. The number of aromatic hydroxyl groups is 2. The first-order valence-corrected chi connectivity index (χ1v) is 11.1. The Morgan fingerprint density at radius 1 is 1.03 bits per heavy atom. The van der Waals surface area contributed by atoms with E-state index in [9.17, 15) is 23.4 Å². The molecule has 0 spiro atoms. The molecule has 1 heterocycles. The van der Waals surface area contributed by atoms with Gasteiger partial charge in [0.25, 0.3) is 5.91 Å². The van der Waals surface area contributed by atoms with Crippen molar-refractivity contribution in [3.8, 4) is 17.2 Å². The first kappa shape index (κ1) is 21.9. The highest BCUT2D eigenvalue weighted by molar-refractivity contribution is 7.89. The van der Waals surface area contributed by atoms with E-state index in [1.165, 1.54) is 19.2 Å². The second-order valence-electron chi connectivity index (χ2n) is 7.51. The number of sulfonamides is 1. The lowest BCUT2D eigenvalue weighted by Crippen LogP contribution is -2.46. The highest BCUT2D eigenvalue weighted by Gasteiger charge is 2.29. The molecule has 1 saturated heterocycles. The van der Waals surface area contributed by atoms with Crippen molar-refractivity contribution in [2.45, 2.75) is 37.6 Å². The second-order valence-corrected chi connectivity index (χ2v) is 9.20. The maximum absolute atomic E-state index is 12.9. The zero-order valence-corrected chi connectivity index (χ0v) is 18.0. The van der Waals surface area contributed by atoms with Gasteiger partial charge in [0.05, 0.1) is 7.11 Å². The third-order valence-electron chi connectivity index (χ3n) is 5.32. The lowest BCUT2D eigenvalue weighted by molar-refractivity contribution is 0.0710. The number of benzene rings is 2. The van der Waals surface area contributed by atoms with Gasteiger partial charge in [0.15, 0.2) is 0 Å². The smallest absolute Gasteiger partial charge is 0.254 e. The summed E-state index contributed by atoms with van der Waals surface area (Å²) in [4.78, 5) is 14.3. The van der Waals surface area contributed by atoms with Gasteiger partial charge in [-0.1, -0.05) is 0 Å². The number of amides is 1. The minimum absolute atomic E-state index is 0.0989. The fraction of sp³-hybridized carbons (Fsp3) is 0.381. The summed E-state index contributed by atoms with van der Waals surface area (Å²) in [7, 11) is -2.35. The van der Waals surface area contributed by atoms with Crippen molar-refractivity contribution in [2.24, 2.45) is 0 Å². The Morgan fingerprint density at radius 3 is 2.17 bits per heavy atom. The van der Waals surface area contributed by atoms with Gasteiger partial charge in [-0.25, -0.2) is 13.1 Å². The fourth-order valence-electron chi connectivity index (χ4n) is 3.52. The molecule has 0 aromatic heterocycles. The Balaban J connectivity index is 1.68. The summed E-state index contributed by atoms with van der Waals surface area (Å²) < 4.78 is 33.8. The van der Waals surface area contributed by atoms with Gasteiger partial charge in [0.1, 0.15) is 22.1 Å². The van der Waals surface area contributed by atoms with Crippen molar-refractivity contribution in [3.05, 3.63) is 47.0 Å². The van der Waals surface area contributed by atoms with Crippen LogP contribution in [-0.4, -0.2) is 55.7 Å². The summed E-state index contributed by atoms with van der Waals surface area (Å²) in [6, 6.07) is 6.73. The molecular formula is C21H26N2O6S. The predicted octanol–water partition coefficient (Wildman–Crippen LogP) is 2.31. The van der Waals surface area contributed by atoms with Crippen molar-refractivity contribution < 1.29 is 28.2 Å². The molecule has 1 aliphatic rings. The molecule has 30 heavy (non-hydrogen) atoms. The van der Waals surface area contributed by atoms with E-state index in [-0.39, 0.29) is 33.9 Å². The molecule has 1 fully saturated rings.